The second kappa shape index (κ2) is 10.4. The molecule has 0 aliphatic rings. The van der Waals surface area contributed by atoms with Crippen molar-refractivity contribution < 1.29 is 0 Å². The second-order valence-electron chi connectivity index (χ2n) is 6.69. The Kier molecular flexibility index (Phi) is 7.89. The molecule has 3 aromatic heterocycles. The van der Waals surface area contributed by atoms with Crippen molar-refractivity contribution in [1.29, 1.82) is 0 Å². The molecule has 5 heteroatoms. The van der Waals surface area contributed by atoms with Crippen molar-refractivity contribution in [2.75, 3.05) is 0 Å². The van der Waals surface area contributed by atoms with Crippen LogP contribution in [0.2, 0.25) is 0 Å². The highest BCUT2D eigenvalue weighted by molar-refractivity contribution is 7.39. The highest BCUT2D eigenvalue weighted by Gasteiger charge is 2.13. The summed E-state index contributed by atoms with van der Waals surface area (Å²) in [5.41, 5.74) is 4.28. The summed E-state index contributed by atoms with van der Waals surface area (Å²) >= 11 is 5.31. The molecule has 0 aliphatic heterocycles. The molecule has 0 fully saturated rings. The molecule has 0 aliphatic carbocycles. The second-order valence-corrected chi connectivity index (χ2v) is 9.72. The SMILES string of the molecule is CCCCCCCCCCCCc1ccsc1-c1nc2ncsc2s1. The number of nitrogens with zero attached hydrogens (tertiary/aromatic N) is 2. The largest absolute Gasteiger partial charge is 0.224 e. The van der Waals surface area contributed by atoms with E-state index in [1.54, 1.807) is 22.7 Å². The Morgan fingerprint density at radius 1 is 0.880 bits per heavy atom. The van der Waals surface area contributed by atoms with Gasteiger partial charge in [0.15, 0.2) is 5.65 Å². The summed E-state index contributed by atoms with van der Waals surface area (Å²) in [6, 6.07) is 2.29. The van der Waals surface area contributed by atoms with E-state index in [4.69, 9.17) is 4.98 Å². The van der Waals surface area contributed by atoms with Gasteiger partial charge in [-0.15, -0.1) is 34.0 Å². The van der Waals surface area contributed by atoms with Gasteiger partial charge in [-0.25, -0.2) is 9.97 Å². The fraction of sp³-hybridized carbons (Fsp3) is 0.600. The quantitative estimate of drug-likeness (QED) is 0.292. The zero-order valence-corrected chi connectivity index (χ0v) is 17.6. The average molecular weight is 393 g/mol. The van der Waals surface area contributed by atoms with Crippen LogP contribution in [0.25, 0.3) is 19.5 Å². The molecular formula is C20H28N2S3. The van der Waals surface area contributed by atoms with Crippen molar-refractivity contribution in [3.05, 3.63) is 22.5 Å². The third kappa shape index (κ3) is 5.60. The number of rotatable bonds is 12. The van der Waals surface area contributed by atoms with Crippen LogP contribution >= 0.6 is 34.0 Å². The number of fused-ring (bicyclic) bond motifs is 1. The molecule has 136 valence electrons. The van der Waals surface area contributed by atoms with Crippen molar-refractivity contribution in [2.45, 2.75) is 77.6 Å². The number of aryl methyl sites for hydroxylation is 1. The molecule has 0 unspecified atom stereocenters. The molecular weight excluding hydrogens is 364 g/mol. The maximum Gasteiger partial charge on any atom is 0.182 e. The van der Waals surface area contributed by atoms with E-state index in [9.17, 15) is 0 Å². The average Bonchev–Trinajstić information content (AvgIpc) is 3.31. The Balaban J connectivity index is 1.36. The Bertz CT molecular complexity index is 712. The molecule has 25 heavy (non-hydrogen) atoms. The lowest BCUT2D eigenvalue weighted by Gasteiger charge is -2.03. The van der Waals surface area contributed by atoms with E-state index >= 15 is 0 Å². The monoisotopic (exact) mass is 392 g/mol. The number of thiazole rings is 2. The summed E-state index contributed by atoms with van der Waals surface area (Å²) in [7, 11) is 0. The standard InChI is InChI=1S/C20H28N2S3/c1-2-3-4-5-6-7-8-9-10-11-12-16-13-14-23-17(16)19-22-18-20(25-19)24-15-21-18/h13-15H,2-12H2,1H3. The molecule has 0 N–H and O–H groups in total. The van der Waals surface area contributed by atoms with Crippen LogP contribution in [0, 0.1) is 0 Å². The van der Waals surface area contributed by atoms with Gasteiger partial charge in [0.05, 0.1) is 10.4 Å². The molecule has 0 saturated carbocycles. The normalized spacial score (nSPS) is 11.6. The van der Waals surface area contributed by atoms with E-state index in [-0.39, 0.29) is 0 Å². The van der Waals surface area contributed by atoms with Gasteiger partial charge in [-0.05, 0) is 29.9 Å². The zero-order chi connectivity index (χ0) is 17.3. The van der Waals surface area contributed by atoms with Crippen molar-refractivity contribution in [2.24, 2.45) is 0 Å². The minimum atomic E-state index is 0.920. The van der Waals surface area contributed by atoms with Gasteiger partial charge in [-0.3, -0.25) is 0 Å². The van der Waals surface area contributed by atoms with E-state index in [0.717, 1.165) is 10.7 Å². The molecule has 0 saturated heterocycles. The van der Waals surface area contributed by atoms with Gasteiger partial charge >= 0.3 is 0 Å². The van der Waals surface area contributed by atoms with Gasteiger partial charge in [-0.2, -0.15) is 0 Å². The first-order chi connectivity index (χ1) is 12.4. The van der Waals surface area contributed by atoms with Crippen molar-refractivity contribution in [3.63, 3.8) is 0 Å². The maximum absolute atomic E-state index is 4.70. The van der Waals surface area contributed by atoms with Gasteiger partial charge < -0.3 is 0 Å². The van der Waals surface area contributed by atoms with Gasteiger partial charge in [0, 0.05) is 0 Å². The Labute approximate surface area is 163 Å². The first kappa shape index (κ1) is 19.0. The van der Waals surface area contributed by atoms with Crippen LogP contribution in [0.5, 0.6) is 0 Å². The molecule has 2 nitrogen and oxygen atoms in total. The van der Waals surface area contributed by atoms with Crippen LogP contribution in [0.3, 0.4) is 0 Å². The number of aromatic nitrogens is 2. The van der Waals surface area contributed by atoms with Crippen molar-refractivity contribution >= 4 is 43.7 Å². The van der Waals surface area contributed by atoms with E-state index in [1.807, 2.05) is 16.8 Å². The van der Waals surface area contributed by atoms with Gasteiger partial charge in [0.1, 0.15) is 9.02 Å². The van der Waals surface area contributed by atoms with Crippen molar-refractivity contribution in [1.82, 2.24) is 9.97 Å². The highest BCUT2D eigenvalue weighted by Crippen LogP contribution is 2.37. The first-order valence-corrected chi connectivity index (χ1v) is 12.2. The van der Waals surface area contributed by atoms with Crippen molar-refractivity contribution in [3.8, 4) is 9.88 Å². The first-order valence-electron chi connectivity index (χ1n) is 9.65. The summed E-state index contributed by atoms with van der Waals surface area (Å²) < 4.78 is 1.24. The molecule has 0 radical (unpaired) electrons. The molecule has 3 heterocycles. The summed E-state index contributed by atoms with van der Waals surface area (Å²) in [5, 5.41) is 3.37. The minimum Gasteiger partial charge on any atom is -0.224 e. The highest BCUT2D eigenvalue weighted by atomic mass is 32.2. The molecule has 0 atom stereocenters. The van der Waals surface area contributed by atoms with E-state index in [0.29, 0.717) is 0 Å². The summed E-state index contributed by atoms with van der Waals surface area (Å²) in [6.45, 7) is 2.28. The van der Waals surface area contributed by atoms with E-state index in [2.05, 4.69) is 23.4 Å². The van der Waals surface area contributed by atoms with Crippen LogP contribution in [0.4, 0.5) is 0 Å². The van der Waals surface area contributed by atoms with Crippen LogP contribution in [-0.2, 0) is 6.42 Å². The van der Waals surface area contributed by atoms with Crippen LogP contribution in [0.1, 0.15) is 76.7 Å². The number of thiophene rings is 1. The van der Waals surface area contributed by atoms with Crippen LogP contribution in [-0.4, -0.2) is 9.97 Å². The smallest absolute Gasteiger partial charge is 0.182 e. The Morgan fingerprint density at radius 2 is 1.60 bits per heavy atom. The van der Waals surface area contributed by atoms with Gasteiger partial charge in [0.25, 0.3) is 0 Å². The van der Waals surface area contributed by atoms with E-state index in [1.165, 1.54) is 85.1 Å². The molecule has 3 rings (SSSR count). The Hall–Kier alpha value is -0.780. The number of hydrogen-bond donors (Lipinski definition) is 0. The lowest BCUT2D eigenvalue weighted by molar-refractivity contribution is 0.556. The number of unbranched alkanes of at least 4 members (excludes halogenated alkanes) is 9. The number of hydrogen-bond acceptors (Lipinski definition) is 5. The lowest BCUT2D eigenvalue weighted by Crippen LogP contribution is -1.87. The minimum absolute atomic E-state index is 0.920. The Morgan fingerprint density at radius 3 is 2.32 bits per heavy atom. The van der Waals surface area contributed by atoms with Crippen LogP contribution < -0.4 is 0 Å². The molecule has 0 spiro atoms. The fourth-order valence-electron chi connectivity index (χ4n) is 3.20. The van der Waals surface area contributed by atoms with Gasteiger partial charge in [-0.1, -0.05) is 64.7 Å². The predicted molar refractivity (Wildman–Crippen MR) is 114 cm³/mol. The fourth-order valence-corrected chi connectivity index (χ4v) is 6.04. The van der Waals surface area contributed by atoms with Crippen LogP contribution in [0.15, 0.2) is 17.0 Å². The summed E-state index contributed by atoms with van der Waals surface area (Å²) in [4.78, 5) is 10.4. The third-order valence-electron chi connectivity index (χ3n) is 4.65. The molecule has 0 amide bonds. The lowest BCUT2D eigenvalue weighted by atomic mass is 10.0. The topological polar surface area (TPSA) is 25.8 Å². The molecule has 0 aromatic carbocycles. The summed E-state index contributed by atoms with van der Waals surface area (Å²) in [6.07, 6.45) is 15.2. The summed E-state index contributed by atoms with van der Waals surface area (Å²) in [5.74, 6) is 0. The van der Waals surface area contributed by atoms with E-state index < -0.39 is 0 Å². The molecule has 0 bridgehead atoms. The maximum atomic E-state index is 4.70. The van der Waals surface area contributed by atoms with Gasteiger partial charge in [0.2, 0.25) is 0 Å². The zero-order valence-electron chi connectivity index (χ0n) is 15.1. The predicted octanol–water partition coefficient (Wildman–Crippen LogP) is 7.94. The molecule has 3 aromatic rings. The third-order valence-corrected chi connectivity index (χ3v) is 7.75.